The molecular weight excluding hydrogens is 482 g/mol. The summed E-state index contributed by atoms with van der Waals surface area (Å²) in [7, 11) is 1.73. The number of likely N-dealkylation sites (N-methyl/N-ethyl adjacent to an activating group) is 1. The number of para-hydroxylation sites is 1. The zero-order chi connectivity index (χ0) is 26.6. The molecule has 3 N–H and O–H groups in total. The third kappa shape index (κ3) is 5.59. The van der Waals surface area contributed by atoms with E-state index in [0.717, 1.165) is 50.0 Å². The molecule has 206 valence electrons. The molecule has 3 aliphatic heterocycles. The minimum absolute atomic E-state index is 0.00759. The molecule has 1 aromatic carbocycles. The topological polar surface area (TPSA) is 103 Å². The fraction of sp³-hybridized carbons (Fsp3) is 0.621. The lowest BCUT2D eigenvalue weighted by atomic mass is 9.86. The van der Waals surface area contributed by atoms with Gasteiger partial charge in [0.1, 0.15) is 17.8 Å². The van der Waals surface area contributed by atoms with E-state index in [-0.39, 0.29) is 35.7 Å². The van der Waals surface area contributed by atoms with Crippen LogP contribution in [0.5, 0.6) is 5.75 Å². The molecule has 0 unspecified atom stereocenters. The summed E-state index contributed by atoms with van der Waals surface area (Å²) in [6.45, 7) is 4.31. The highest BCUT2D eigenvalue weighted by atomic mass is 16.5. The lowest BCUT2D eigenvalue weighted by Crippen LogP contribution is -2.66. The van der Waals surface area contributed by atoms with Crippen molar-refractivity contribution in [3.63, 3.8) is 0 Å². The minimum Gasteiger partial charge on any atom is -0.493 e. The monoisotopic (exact) mass is 523 g/mol. The molecule has 1 aromatic rings. The number of benzene rings is 1. The van der Waals surface area contributed by atoms with E-state index in [2.05, 4.69) is 33.0 Å². The summed E-state index contributed by atoms with van der Waals surface area (Å²) in [5, 5.41) is 9.28. The van der Waals surface area contributed by atoms with Crippen molar-refractivity contribution >= 4 is 17.7 Å². The molecule has 2 saturated heterocycles. The maximum atomic E-state index is 14.3. The van der Waals surface area contributed by atoms with Crippen LogP contribution in [0.2, 0.25) is 0 Å². The Balaban J connectivity index is 1.39. The number of carbonyl (C=O) groups excluding carboxylic acids is 3. The van der Waals surface area contributed by atoms with Gasteiger partial charge in [-0.2, -0.15) is 0 Å². The number of hydrogen-bond acceptors (Lipinski definition) is 6. The molecule has 3 amide bonds. The number of ether oxygens (including phenoxy) is 1. The maximum Gasteiger partial charge on any atom is 0.246 e. The van der Waals surface area contributed by atoms with Crippen LogP contribution in [-0.4, -0.2) is 85.0 Å². The van der Waals surface area contributed by atoms with Crippen molar-refractivity contribution in [2.75, 3.05) is 33.3 Å². The molecular formula is C29H41N5O4. The van der Waals surface area contributed by atoms with Gasteiger partial charge in [-0.05, 0) is 64.6 Å². The van der Waals surface area contributed by atoms with Gasteiger partial charge in [0.25, 0.3) is 0 Å². The van der Waals surface area contributed by atoms with Crippen molar-refractivity contribution in [2.24, 2.45) is 5.92 Å². The molecule has 38 heavy (non-hydrogen) atoms. The van der Waals surface area contributed by atoms with Crippen LogP contribution in [0, 0.1) is 5.92 Å². The highest BCUT2D eigenvalue weighted by Gasteiger charge is 2.45. The van der Waals surface area contributed by atoms with Crippen molar-refractivity contribution < 1.29 is 19.1 Å². The highest BCUT2D eigenvalue weighted by molar-refractivity contribution is 5.93. The average Bonchev–Trinajstić information content (AvgIpc) is 3.42. The van der Waals surface area contributed by atoms with Crippen LogP contribution < -0.4 is 20.7 Å². The predicted octanol–water partition coefficient (Wildman–Crippen LogP) is 1.75. The first-order chi connectivity index (χ1) is 18.5. The number of fused-ring (bicyclic) bond motifs is 2. The molecule has 0 aromatic heterocycles. The van der Waals surface area contributed by atoms with Gasteiger partial charge in [0.2, 0.25) is 17.7 Å². The molecule has 6 atom stereocenters. The summed E-state index contributed by atoms with van der Waals surface area (Å²) in [6, 6.07) is 6.23. The van der Waals surface area contributed by atoms with Crippen LogP contribution in [0.4, 0.5) is 0 Å². The van der Waals surface area contributed by atoms with E-state index < -0.39 is 18.1 Å². The SMILES string of the molecule is CN[C@@H](C)C(=O)N[C@H](C(=O)N1C[C@H]2CCCN2C[C@H]1C(=O)N[C@@H]1CCOc2ccccc21)[C@@H]1CC=CCC1. The van der Waals surface area contributed by atoms with Gasteiger partial charge >= 0.3 is 0 Å². The Morgan fingerprint density at radius 3 is 2.71 bits per heavy atom. The number of piperazine rings is 1. The third-order valence-corrected chi connectivity index (χ3v) is 8.72. The molecule has 0 spiro atoms. The van der Waals surface area contributed by atoms with Gasteiger partial charge in [-0.25, -0.2) is 0 Å². The molecule has 9 nitrogen and oxygen atoms in total. The van der Waals surface area contributed by atoms with Gasteiger partial charge in [-0.15, -0.1) is 0 Å². The lowest BCUT2D eigenvalue weighted by molar-refractivity contribution is -0.149. The largest absolute Gasteiger partial charge is 0.493 e. The fourth-order valence-electron chi connectivity index (χ4n) is 6.33. The number of hydrogen-bond donors (Lipinski definition) is 3. The molecule has 4 aliphatic rings. The number of amides is 3. The van der Waals surface area contributed by atoms with Crippen LogP contribution in [0.25, 0.3) is 0 Å². The summed E-state index contributed by atoms with van der Waals surface area (Å²) in [5.74, 6) is 0.337. The van der Waals surface area contributed by atoms with Crippen LogP contribution in [-0.2, 0) is 14.4 Å². The molecule has 3 heterocycles. The fourth-order valence-corrected chi connectivity index (χ4v) is 6.33. The highest BCUT2D eigenvalue weighted by Crippen LogP contribution is 2.33. The van der Waals surface area contributed by atoms with E-state index in [1.54, 1.807) is 18.9 Å². The molecule has 0 saturated carbocycles. The lowest BCUT2D eigenvalue weighted by Gasteiger charge is -2.45. The number of rotatable bonds is 7. The van der Waals surface area contributed by atoms with Crippen molar-refractivity contribution in [3.05, 3.63) is 42.0 Å². The number of nitrogens with one attached hydrogen (secondary N) is 3. The van der Waals surface area contributed by atoms with Gasteiger partial charge in [0.05, 0.1) is 18.7 Å². The van der Waals surface area contributed by atoms with Crippen molar-refractivity contribution in [1.82, 2.24) is 25.8 Å². The Hall–Kier alpha value is -2.91. The summed E-state index contributed by atoms with van der Waals surface area (Å²) in [6.07, 6.45) is 9.47. The van der Waals surface area contributed by atoms with E-state index in [4.69, 9.17) is 4.74 Å². The normalized spacial score (nSPS) is 28.4. The van der Waals surface area contributed by atoms with E-state index in [9.17, 15) is 14.4 Å². The Morgan fingerprint density at radius 2 is 1.92 bits per heavy atom. The maximum absolute atomic E-state index is 14.3. The molecule has 0 bridgehead atoms. The Bertz CT molecular complexity index is 1060. The molecule has 9 heteroatoms. The molecule has 2 fully saturated rings. The quantitative estimate of drug-likeness (QED) is 0.471. The second kappa shape index (κ2) is 11.9. The van der Waals surface area contributed by atoms with E-state index >= 15 is 0 Å². The van der Waals surface area contributed by atoms with Crippen LogP contribution in [0.1, 0.15) is 57.1 Å². The standard InChI is InChI=1S/C29H41N5O4/c1-19(30-2)27(35)32-26(20-9-4-3-5-10-20)29(37)34-17-21-11-8-15-33(21)18-24(34)28(36)31-23-14-16-38-25-13-7-6-12-22(23)25/h3-4,6-7,12-13,19-21,23-24,26,30H,5,8-11,14-18H2,1-2H3,(H,31,36)(H,32,35)/t19-,20+,21+,23+,24-,26-/m0/s1. The van der Waals surface area contributed by atoms with Crippen LogP contribution >= 0.6 is 0 Å². The van der Waals surface area contributed by atoms with Crippen molar-refractivity contribution in [3.8, 4) is 5.75 Å². The Morgan fingerprint density at radius 1 is 1.08 bits per heavy atom. The predicted molar refractivity (Wildman–Crippen MR) is 144 cm³/mol. The first-order valence-electron chi connectivity index (χ1n) is 14.2. The van der Waals surface area contributed by atoms with Gasteiger partial charge in [0.15, 0.2) is 0 Å². The van der Waals surface area contributed by atoms with Crippen LogP contribution in [0.3, 0.4) is 0 Å². The first-order valence-corrected chi connectivity index (χ1v) is 14.2. The smallest absolute Gasteiger partial charge is 0.246 e. The zero-order valence-electron chi connectivity index (χ0n) is 22.5. The minimum atomic E-state index is -0.657. The first kappa shape index (κ1) is 26.7. The van der Waals surface area contributed by atoms with Gasteiger partial charge in [0, 0.05) is 31.1 Å². The number of carbonyl (C=O) groups is 3. The number of nitrogens with zero attached hydrogens (tertiary/aromatic N) is 2. The summed E-state index contributed by atoms with van der Waals surface area (Å²) in [5.41, 5.74) is 0.972. The van der Waals surface area contributed by atoms with E-state index in [1.165, 1.54) is 0 Å². The van der Waals surface area contributed by atoms with E-state index in [1.807, 2.05) is 24.3 Å². The average molecular weight is 524 g/mol. The second-order valence-corrected chi connectivity index (χ2v) is 11.1. The summed E-state index contributed by atoms with van der Waals surface area (Å²) < 4.78 is 5.79. The van der Waals surface area contributed by atoms with Gasteiger partial charge in [-0.3, -0.25) is 19.3 Å². The van der Waals surface area contributed by atoms with Gasteiger partial charge in [-0.1, -0.05) is 30.4 Å². The summed E-state index contributed by atoms with van der Waals surface area (Å²) in [4.78, 5) is 45.2. The second-order valence-electron chi connectivity index (χ2n) is 11.1. The summed E-state index contributed by atoms with van der Waals surface area (Å²) >= 11 is 0. The molecule has 5 rings (SSSR count). The Kier molecular flexibility index (Phi) is 8.33. The van der Waals surface area contributed by atoms with E-state index in [0.29, 0.717) is 26.1 Å². The molecule has 0 radical (unpaired) electrons. The molecule has 1 aliphatic carbocycles. The Labute approximate surface area is 225 Å². The van der Waals surface area contributed by atoms with Gasteiger partial charge < -0.3 is 25.6 Å². The zero-order valence-corrected chi connectivity index (χ0v) is 22.5. The number of allylic oxidation sites excluding steroid dienone is 2. The van der Waals surface area contributed by atoms with Crippen molar-refractivity contribution in [1.29, 1.82) is 0 Å². The third-order valence-electron chi connectivity index (χ3n) is 8.72. The van der Waals surface area contributed by atoms with Crippen molar-refractivity contribution in [2.45, 2.75) is 75.7 Å². The van der Waals surface area contributed by atoms with Crippen LogP contribution in [0.15, 0.2) is 36.4 Å².